The second-order valence-electron chi connectivity index (χ2n) is 4.28. The van der Waals surface area contributed by atoms with Crippen LogP contribution in [0.3, 0.4) is 0 Å². The van der Waals surface area contributed by atoms with Crippen LogP contribution < -0.4 is 0 Å². The second kappa shape index (κ2) is 15.6. The van der Waals surface area contributed by atoms with Crippen LogP contribution in [0.25, 0.3) is 0 Å². The molecule has 0 saturated heterocycles. The van der Waals surface area contributed by atoms with Gasteiger partial charge < -0.3 is 0 Å². The van der Waals surface area contributed by atoms with E-state index in [0.29, 0.717) is 0 Å². The molecule has 100 valence electrons. The molecule has 0 spiro atoms. The Kier molecular flexibility index (Phi) is 14.4. The van der Waals surface area contributed by atoms with E-state index in [4.69, 9.17) is 0 Å². The zero-order valence-electron chi connectivity index (χ0n) is 11.6. The zero-order valence-corrected chi connectivity index (χ0v) is 11.6. The van der Waals surface area contributed by atoms with Crippen LogP contribution in [0.1, 0.15) is 51.9 Å². The molecule has 0 amide bonds. The van der Waals surface area contributed by atoms with Crippen LogP contribution in [0.2, 0.25) is 0 Å². The first-order valence-electron chi connectivity index (χ1n) is 7.02. The van der Waals surface area contributed by atoms with Gasteiger partial charge in [-0.3, -0.25) is 4.79 Å². The minimum atomic E-state index is 0.772. The van der Waals surface area contributed by atoms with Gasteiger partial charge in [-0.05, 0) is 18.9 Å². The van der Waals surface area contributed by atoms with Crippen LogP contribution in [-0.2, 0) is 4.79 Å². The molecule has 0 aromatic carbocycles. The van der Waals surface area contributed by atoms with E-state index in [1.165, 1.54) is 51.0 Å². The first-order valence-corrected chi connectivity index (χ1v) is 7.02. The molecule has 0 radical (unpaired) electrons. The molecule has 0 aliphatic heterocycles. The summed E-state index contributed by atoms with van der Waals surface area (Å²) in [6.07, 6.45) is 25.3. The van der Waals surface area contributed by atoms with Crippen molar-refractivity contribution >= 4 is 6.29 Å². The van der Waals surface area contributed by atoms with Gasteiger partial charge >= 0.3 is 0 Å². The Morgan fingerprint density at radius 1 is 0.667 bits per heavy atom. The lowest BCUT2D eigenvalue weighted by Gasteiger charge is -1.97. The van der Waals surface area contributed by atoms with Crippen molar-refractivity contribution in [2.45, 2.75) is 51.9 Å². The maximum atomic E-state index is 9.97. The van der Waals surface area contributed by atoms with Crippen molar-refractivity contribution in [1.82, 2.24) is 0 Å². The summed E-state index contributed by atoms with van der Waals surface area (Å²) in [6, 6.07) is 0. The Labute approximate surface area is 112 Å². The maximum Gasteiger partial charge on any atom is 0.142 e. The van der Waals surface area contributed by atoms with Gasteiger partial charge in [-0.2, -0.15) is 0 Å². The number of carbonyl (C=O) groups is 1. The minimum absolute atomic E-state index is 0.772. The Bertz CT molecular complexity index is 282. The molecule has 0 bridgehead atoms. The number of unbranched alkanes of at least 4 members (excludes halogenated alkanes) is 6. The van der Waals surface area contributed by atoms with Crippen molar-refractivity contribution in [1.29, 1.82) is 0 Å². The van der Waals surface area contributed by atoms with E-state index < -0.39 is 0 Å². The highest BCUT2D eigenvalue weighted by atomic mass is 16.1. The Morgan fingerprint density at radius 2 is 1.22 bits per heavy atom. The lowest BCUT2D eigenvalue weighted by Crippen LogP contribution is -1.77. The highest BCUT2D eigenvalue weighted by Gasteiger charge is 1.87. The van der Waals surface area contributed by atoms with Gasteiger partial charge in [0.25, 0.3) is 0 Å². The van der Waals surface area contributed by atoms with Crippen molar-refractivity contribution in [2.24, 2.45) is 0 Å². The topological polar surface area (TPSA) is 17.1 Å². The molecule has 0 aromatic rings. The summed E-state index contributed by atoms with van der Waals surface area (Å²) in [6.45, 7) is 2.25. The number of rotatable bonds is 11. The predicted octanol–water partition coefficient (Wildman–Crippen LogP) is 5.16. The number of hydrogen-bond donors (Lipinski definition) is 0. The van der Waals surface area contributed by atoms with Crippen LogP contribution in [0.4, 0.5) is 0 Å². The molecule has 0 rings (SSSR count). The molecule has 0 heterocycles. The molecule has 0 aliphatic carbocycles. The zero-order chi connectivity index (χ0) is 13.3. The Balaban J connectivity index is 3.37. The number of carbonyl (C=O) groups excluding carboxylic acids is 1. The SMILES string of the molecule is CCCCCCCC\C=C/C=C\C=C/C=C/C=O. The van der Waals surface area contributed by atoms with Crippen molar-refractivity contribution in [3.8, 4) is 0 Å². The highest BCUT2D eigenvalue weighted by Crippen LogP contribution is 2.07. The van der Waals surface area contributed by atoms with Crippen LogP contribution in [0, 0.1) is 0 Å². The van der Waals surface area contributed by atoms with Crippen LogP contribution in [-0.4, -0.2) is 6.29 Å². The Hall–Kier alpha value is -1.37. The fourth-order valence-electron chi connectivity index (χ4n) is 1.58. The Morgan fingerprint density at radius 3 is 1.89 bits per heavy atom. The maximum absolute atomic E-state index is 9.97. The quantitative estimate of drug-likeness (QED) is 0.213. The molecule has 0 N–H and O–H groups in total. The predicted molar refractivity (Wildman–Crippen MR) is 80.6 cm³/mol. The summed E-state index contributed by atoms with van der Waals surface area (Å²) in [5.41, 5.74) is 0. The van der Waals surface area contributed by atoms with Gasteiger partial charge in [0.1, 0.15) is 6.29 Å². The summed E-state index contributed by atoms with van der Waals surface area (Å²) < 4.78 is 0. The third-order valence-electron chi connectivity index (χ3n) is 2.61. The van der Waals surface area contributed by atoms with Gasteiger partial charge in [-0.15, -0.1) is 0 Å². The van der Waals surface area contributed by atoms with Gasteiger partial charge in [0.15, 0.2) is 0 Å². The van der Waals surface area contributed by atoms with E-state index >= 15 is 0 Å². The smallest absolute Gasteiger partial charge is 0.142 e. The average Bonchev–Trinajstić information content (AvgIpc) is 2.39. The first-order chi connectivity index (χ1) is 8.91. The van der Waals surface area contributed by atoms with Crippen molar-refractivity contribution in [2.75, 3.05) is 0 Å². The normalized spacial score (nSPS) is 12.5. The number of allylic oxidation sites excluding steroid dienone is 8. The highest BCUT2D eigenvalue weighted by molar-refractivity contribution is 5.65. The summed E-state index contributed by atoms with van der Waals surface area (Å²) in [4.78, 5) is 9.97. The van der Waals surface area contributed by atoms with Gasteiger partial charge in [0.2, 0.25) is 0 Å². The summed E-state index contributed by atoms with van der Waals surface area (Å²) in [7, 11) is 0. The lowest BCUT2D eigenvalue weighted by molar-refractivity contribution is -0.104. The lowest BCUT2D eigenvalue weighted by atomic mass is 10.1. The van der Waals surface area contributed by atoms with E-state index in [1.807, 2.05) is 24.3 Å². The van der Waals surface area contributed by atoms with Crippen LogP contribution in [0.5, 0.6) is 0 Å². The fraction of sp³-hybridized carbons (Fsp3) is 0.471. The number of aldehydes is 1. The van der Waals surface area contributed by atoms with E-state index in [1.54, 1.807) is 6.08 Å². The van der Waals surface area contributed by atoms with Crippen molar-refractivity contribution in [3.05, 3.63) is 48.6 Å². The largest absolute Gasteiger partial charge is 0.299 e. The first kappa shape index (κ1) is 16.6. The van der Waals surface area contributed by atoms with Gasteiger partial charge in [-0.25, -0.2) is 0 Å². The van der Waals surface area contributed by atoms with Gasteiger partial charge in [0, 0.05) is 0 Å². The minimum Gasteiger partial charge on any atom is -0.299 e. The van der Waals surface area contributed by atoms with E-state index in [2.05, 4.69) is 19.1 Å². The van der Waals surface area contributed by atoms with Crippen LogP contribution in [0.15, 0.2) is 48.6 Å². The molecule has 1 nitrogen and oxygen atoms in total. The molecule has 0 unspecified atom stereocenters. The molecule has 18 heavy (non-hydrogen) atoms. The average molecular weight is 246 g/mol. The number of hydrogen-bond acceptors (Lipinski definition) is 1. The molecule has 1 heteroatoms. The standard InChI is InChI=1S/C17H26O/c1-2-3-4-5-6-7-8-9-10-11-12-13-14-15-16-17-18/h9-17H,2-8H2,1H3/b10-9-,12-11-,14-13-,16-15+. The van der Waals surface area contributed by atoms with Crippen molar-refractivity contribution in [3.63, 3.8) is 0 Å². The fourth-order valence-corrected chi connectivity index (χ4v) is 1.58. The molecular weight excluding hydrogens is 220 g/mol. The van der Waals surface area contributed by atoms with E-state index in [0.717, 1.165) is 6.29 Å². The van der Waals surface area contributed by atoms with Gasteiger partial charge in [0.05, 0.1) is 0 Å². The van der Waals surface area contributed by atoms with Crippen LogP contribution >= 0.6 is 0 Å². The molecule has 0 aliphatic rings. The molecule has 0 atom stereocenters. The second-order valence-corrected chi connectivity index (χ2v) is 4.28. The molecule has 0 saturated carbocycles. The third-order valence-corrected chi connectivity index (χ3v) is 2.61. The van der Waals surface area contributed by atoms with Crippen molar-refractivity contribution < 1.29 is 4.79 Å². The summed E-state index contributed by atoms with van der Waals surface area (Å²) in [5.74, 6) is 0. The third kappa shape index (κ3) is 14.6. The molecule has 0 aromatic heterocycles. The van der Waals surface area contributed by atoms with E-state index in [9.17, 15) is 4.79 Å². The van der Waals surface area contributed by atoms with Gasteiger partial charge in [-0.1, -0.05) is 81.6 Å². The van der Waals surface area contributed by atoms with E-state index in [-0.39, 0.29) is 0 Å². The molecular formula is C17H26O. The monoisotopic (exact) mass is 246 g/mol. The molecule has 0 fully saturated rings. The summed E-state index contributed by atoms with van der Waals surface area (Å²) >= 11 is 0. The summed E-state index contributed by atoms with van der Waals surface area (Å²) in [5, 5.41) is 0.